The van der Waals surface area contributed by atoms with Crippen molar-refractivity contribution in [2.45, 2.75) is 42.7 Å². The van der Waals surface area contributed by atoms with Crippen LogP contribution in [-0.4, -0.2) is 97.4 Å². The predicted octanol–water partition coefficient (Wildman–Crippen LogP) is 1.10. The van der Waals surface area contributed by atoms with Gasteiger partial charge in [0, 0.05) is 12.7 Å². The molecule has 7 atom stereocenters. The van der Waals surface area contributed by atoms with E-state index in [4.69, 9.17) is 28.4 Å². The van der Waals surface area contributed by atoms with Crippen LogP contribution in [0.3, 0.4) is 0 Å². The van der Waals surface area contributed by atoms with E-state index in [0.717, 1.165) is 11.1 Å². The lowest BCUT2D eigenvalue weighted by molar-refractivity contribution is -0.305. The summed E-state index contributed by atoms with van der Waals surface area (Å²) in [4.78, 5) is 0. The summed E-state index contributed by atoms with van der Waals surface area (Å²) in [6.07, 6.45) is -3.09. The fourth-order valence-corrected chi connectivity index (χ4v) is 4.89. The van der Waals surface area contributed by atoms with Crippen LogP contribution >= 0.6 is 0 Å². The molecule has 0 unspecified atom stereocenters. The number of rotatable bonds is 10. The molecule has 0 saturated carbocycles. The largest absolute Gasteiger partial charge is 0.504 e. The van der Waals surface area contributed by atoms with Crippen LogP contribution in [0, 0.1) is 0 Å². The Morgan fingerprint density at radius 3 is 2.39 bits per heavy atom. The highest BCUT2D eigenvalue weighted by molar-refractivity contribution is 5.62. The first kappa shape index (κ1) is 28.1. The number of hydrogen-bond donors (Lipinski definition) is 5. The molecule has 0 bridgehead atoms. The first-order chi connectivity index (χ1) is 18.4. The molecule has 5 N–H and O–H groups in total. The van der Waals surface area contributed by atoms with E-state index in [1.54, 1.807) is 30.4 Å². The molecule has 4 rings (SSSR count). The van der Waals surface area contributed by atoms with Crippen LogP contribution in [-0.2, 0) is 14.2 Å². The third-order valence-electron chi connectivity index (χ3n) is 6.82. The van der Waals surface area contributed by atoms with Gasteiger partial charge in [-0.1, -0.05) is 18.2 Å². The Balaban J connectivity index is 1.69. The van der Waals surface area contributed by atoms with E-state index in [-0.39, 0.29) is 24.7 Å². The molecule has 11 heteroatoms. The summed E-state index contributed by atoms with van der Waals surface area (Å²) in [5, 5.41) is 50.2. The highest BCUT2D eigenvalue weighted by atomic mass is 16.7. The number of aromatic hydroxyl groups is 1. The second-order valence-corrected chi connectivity index (χ2v) is 9.04. The molecule has 1 saturated heterocycles. The third-order valence-corrected chi connectivity index (χ3v) is 6.82. The smallest absolute Gasteiger partial charge is 0.186 e. The number of hydrogen-bond acceptors (Lipinski definition) is 11. The summed E-state index contributed by atoms with van der Waals surface area (Å²) in [7, 11) is 4.33. The summed E-state index contributed by atoms with van der Waals surface area (Å²) in [6, 6.07) is 8.55. The Morgan fingerprint density at radius 1 is 0.974 bits per heavy atom. The van der Waals surface area contributed by atoms with Gasteiger partial charge in [0.2, 0.25) is 0 Å². The van der Waals surface area contributed by atoms with Gasteiger partial charge < -0.3 is 54.0 Å². The van der Waals surface area contributed by atoms with Gasteiger partial charge in [0.25, 0.3) is 0 Å². The zero-order valence-corrected chi connectivity index (χ0v) is 21.4. The van der Waals surface area contributed by atoms with Gasteiger partial charge >= 0.3 is 0 Å². The molecule has 38 heavy (non-hydrogen) atoms. The summed E-state index contributed by atoms with van der Waals surface area (Å²) >= 11 is 0. The lowest BCUT2D eigenvalue weighted by Gasteiger charge is -2.41. The fourth-order valence-electron chi connectivity index (χ4n) is 4.89. The highest BCUT2D eigenvalue weighted by Crippen LogP contribution is 2.52. The van der Waals surface area contributed by atoms with Crippen molar-refractivity contribution in [1.29, 1.82) is 0 Å². The highest BCUT2D eigenvalue weighted by Gasteiger charge is 2.46. The van der Waals surface area contributed by atoms with E-state index in [2.05, 4.69) is 0 Å². The average Bonchev–Trinajstić information content (AvgIpc) is 3.30. The molecule has 1 fully saturated rings. The second kappa shape index (κ2) is 12.3. The number of methoxy groups -OCH3 is 3. The van der Waals surface area contributed by atoms with Crippen LogP contribution in [0.1, 0.15) is 28.7 Å². The molecule has 2 aliphatic heterocycles. The molecule has 0 amide bonds. The van der Waals surface area contributed by atoms with Crippen molar-refractivity contribution >= 4 is 6.08 Å². The molecule has 2 aromatic rings. The zero-order valence-electron chi connectivity index (χ0n) is 21.4. The van der Waals surface area contributed by atoms with Crippen LogP contribution in [0.5, 0.6) is 23.0 Å². The molecule has 2 aromatic carbocycles. The van der Waals surface area contributed by atoms with Crippen molar-refractivity contribution in [1.82, 2.24) is 0 Å². The minimum atomic E-state index is -1.43. The van der Waals surface area contributed by atoms with E-state index < -0.39 is 49.3 Å². The van der Waals surface area contributed by atoms with Gasteiger partial charge in [-0.2, -0.15) is 0 Å². The first-order valence-corrected chi connectivity index (χ1v) is 12.2. The standard InChI is InChI=1S/C27H34O11/c1-33-19-11-15(6-7-18(19)30)24-17(13-36-27-23(32)22(31)26(35-3)21(12-29)37-27)16-9-14(5-4-8-28)10-20(34-2)25(16)38-24/h4-7,9-11,17,21-24,26-32H,8,12-13H2,1-3H3/b5-4+/t17-,21-,22-,23-,24+,26-,27-/m1/s1. The zero-order chi connectivity index (χ0) is 27.4. The van der Waals surface area contributed by atoms with Gasteiger partial charge in [0.15, 0.2) is 29.3 Å². The van der Waals surface area contributed by atoms with E-state index in [1.807, 2.05) is 6.07 Å². The van der Waals surface area contributed by atoms with Crippen LogP contribution in [0.25, 0.3) is 6.08 Å². The summed E-state index contributed by atoms with van der Waals surface area (Å²) < 4.78 is 34.1. The average molecular weight is 535 g/mol. The number of phenols is 1. The number of fused-ring (bicyclic) bond motifs is 1. The summed E-state index contributed by atoms with van der Waals surface area (Å²) in [5.41, 5.74) is 2.20. The summed E-state index contributed by atoms with van der Waals surface area (Å²) in [6.45, 7) is -0.585. The molecular weight excluding hydrogens is 500 g/mol. The molecule has 0 radical (unpaired) electrons. The third kappa shape index (κ3) is 5.45. The Morgan fingerprint density at radius 2 is 1.74 bits per heavy atom. The molecule has 208 valence electrons. The topological polar surface area (TPSA) is 157 Å². The monoisotopic (exact) mass is 534 g/mol. The second-order valence-electron chi connectivity index (χ2n) is 9.04. The van der Waals surface area contributed by atoms with Crippen LogP contribution in [0.4, 0.5) is 0 Å². The Bertz CT molecular complexity index is 1120. The minimum Gasteiger partial charge on any atom is -0.504 e. The van der Waals surface area contributed by atoms with Crippen molar-refractivity contribution in [3.8, 4) is 23.0 Å². The van der Waals surface area contributed by atoms with Gasteiger partial charge in [0.05, 0.1) is 40.0 Å². The number of ether oxygens (including phenoxy) is 6. The van der Waals surface area contributed by atoms with E-state index in [9.17, 15) is 25.5 Å². The fraction of sp³-hybridized carbons (Fsp3) is 0.481. The van der Waals surface area contributed by atoms with E-state index in [1.165, 1.54) is 27.4 Å². The Labute approximate surface area is 220 Å². The van der Waals surface area contributed by atoms with Gasteiger partial charge in [-0.3, -0.25) is 0 Å². The maximum Gasteiger partial charge on any atom is 0.186 e. The van der Waals surface area contributed by atoms with Crippen molar-refractivity contribution in [2.75, 3.05) is 41.2 Å². The molecule has 2 heterocycles. The van der Waals surface area contributed by atoms with Crippen molar-refractivity contribution in [3.63, 3.8) is 0 Å². The van der Waals surface area contributed by atoms with Crippen LogP contribution in [0.2, 0.25) is 0 Å². The summed E-state index contributed by atoms with van der Waals surface area (Å²) in [5.74, 6) is 0.772. The normalized spacial score (nSPS) is 28.8. The van der Waals surface area contributed by atoms with Crippen molar-refractivity contribution < 1.29 is 54.0 Å². The van der Waals surface area contributed by atoms with Crippen LogP contribution < -0.4 is 14.2 Å². The van der Waals surface area contributed by atoms with Crippen molar-refractivity contribution in [3.05, 3.63) is 53.1 Å². The van der Waals surface area contributed by atoms with Gasteiger partial charge in [-0.05, 0) is 35.4 Å². The van der Waals surface area contributed by atoms with Gasteiger partial charge in [0.1, 0.15) is 30.5 Å². The molecular formula is C27H34O11. The lowest BCUT2D eigenvalue weighted by Crippen LogP contribution is -2.59. The molecule has 2 aliphatic rings. The first-order valence-electron chi connectivity index (χ1n) is 12.2. The number of aliphatic hydroxyl groups excluding tert-OH is 4. The SMILES string of the molecule is COc1cc([C@@H]2Oc3c(OC)cc(/C=C/CO)cc3[C@H]2CO[C@@H]2O[C@H](CO)[C@@H](OC)[C@H](O)[C@H]2O)ccc1O. The van der Waals surface area contributed by atoms with E-state index in [0.29, 0.717) is 17.1 Å². The van der Waals surface area contributed by atoms with Crippen LogP contribution in [0.15, 0.2) is 36.4 Å². The van der Waals surface area contributed by atoms with Crippen molar-refractivity contribution in [2.24, 2.45) is 0 Å². The van der Waals surface area contributed by atoms with E-state index >= 15 is 0 Å². The number of benzene rings is 2. The van der Waals surface area contributed by atoms with Gasteiger partial charge in [-0.25, -0.2) is 0 Å². The quantitative estimate of drug-likeness (QED) is 0.297. The molecule has 0 aliphatic carbocycles. The number of phenolic OH excluding ortho intramolecular Hbond substituents is 1. The maximum absolute atomic E-state index is 10.6. The lowest BCUT2D eigenvalue weighted by atomic mass is 9.90. The Hall–Kier alpha value is -2.90. The van der Waals surface area contributed by atoms with Gasteiger partial charge in [-0.15, -0.1) is 0 Å². The molecule has 11 nitrogen and oxygen atoms in total. The molecule has 0 aromatic heterocycles. The minimum absolute atomic E-state index is 0.0125. The number of aliphatic hydroxyl groups is 4. The maximum atomic E-state index is 10.6. The predicted molar refractivity (Wildman–Crippen MR) is 134 cm³/mol. The Kier molecular flexibility index (Phi) is 9.11. The molecule has 0 spiro atoms.